The predicted molar refractivity (Wildman–Crippen MR) is 71.3 cm³/mol. The Kier molecular flexibility index (Phi) is 4.09. The summed E-state index contributed by atoms with van der Waals surface area (Å²) in [6.45, 7) is 0.447. The number of nitrogens with zero attached hydrogens (tertiary/aromatic N) is 2. The van der Waals surface area contributed by atoms with E-state index in [0.29, 0.717) is 17.9 Å². The minimum Gasteiger partial charge on any atom is -0.334 e. The molecule has 0 aliphatic carbocycles. The second-order valence-corrected chi connectivity index (χ2v) is 3.84. The first-order valence-corrected chi connectivity index (χ1v) is 5.73. The SMILES string of the molecule is N#Cc1ccc(NC(=O)NCc2ccccc2)nc1. The molecule has 5 nitrogen and oxygen atoms in total. The topological polar surface area (TPSA) is 77.8 Å². The Bertz CT molecular complexity index is 587. The van der Waals surface area contributed by atoms with Gasteiger partial charge >= 0.3 is 6.03 Å². The van der Waals surface area contributed by atoms with Crippen molar-refractivity contribution in [3.05, 3.63) is 59.8 Å². The zero-order valence-corrected chi connectivity index (χ0v) is 10.1. The number of nitrogens with one attached hydrogen (secondary N) is 2. The highest BCUT2D eigenvalue weighted by Crippen LogP contribution is 2.04. The van der Waals surface area contributed by atoms with Crippen molar-refractivity contribution >= 4 is 11.8 Å². The standard InChI is InChI=1S/C14H12N4O/c15-8-12-6-7-13(16-10-12)18-14(19)17-9-11-4-2-1-3-5-11/h1-7,10H,9H2,(H2,16,17,18,19). The van der Waals surface area contributed by atoms with Crippen LogP contribution in [-0.4, -0.2) is 11.0 Å². The van der Waals surface area contributed by atoms with Gasteiger partial charge in [-0.05, 0) is 17.7 Å². The van der Waals surface area contributed by atoms with Crippen LogP contribution < -0.4 is 10.6 Å². The van der Waals surface area contributed by atoms with Gasteiger partial charge in [-0.2, -0.15) is 5.26 Å². The number of urea groups is 1. The van der Waals surface area contributed by atoms with Crippen molar-refractivity contribution in [1.29, 1.82) is 5.26 Å². The number of amides is 2. The molecule has 0 atom stereocenters. The summed E-state index contributed by atoms with van der Waals surface area (Å²) in [4.78, 5) is 15.6. The molecule has 1 aromatic carbocycles. The number of carbonyl (C=O) groups excluding carboxylic acids is 1. The van der Waals surface area contributed by atoms with E-state index in [2.05, 4.69) is 15.6 Å². The van der Waals surface area contributed by atoms with Crippen molar-refractivity contribution < 1.29 is 4.79 Å². The monoisotopic (exact) mass is 252 g/mol. The highest BCUT2D eigenvalue weighted by atomic mass is 16.2. The highest BCUT2D eigenvalue weighted by Gasteiger charge is 2.02. The Balaban J connectivity index is 1.86. The number of benzene rings is 1. The minimum absolute atomic E-state index is 0.332. The summed E-state index contributed by atoms with van der Waals surface area (Å²) in [5.41, 5.74) is 1.47. The summed E-state index contributed by atoms with van der Waals surface area (Å²) in [7, 11) is 0. The van der Waals surface area contributed by atoms with Gasteiger partial charge in [-0.1, -0.05) is 30.3 Å². The second kappa shape index (κ2) is 6.17. The molecule has 0 aliphatic heterocycles. The lowest BCUT2D eigenvalue weighted by Gasteiger charge is -2.06. The number of pyridine rings is 1. The average molecular weight is 252 g/mol. The van der Waals surface area contributed by atoms with Crippen LogP contribution in [0.2, 0.25) is 0 Å². The third-order valence-electron chi connectivity index (χ3n) is 2.43. The average Bonchev–Trinajstić information content (AvgIpc) is 2.47. The number of rotatable bonds is 3. The maximum Gasteiger partial charge on any atom is 0.320 e. The van der Waals surface area contributed by atoms with Crippen LogP contribution in [0.3, 0.4) is 0 Å². The Labute approximate surface area is 110 Å². The van der Waals surface area contributed by atoms with Crippen LogP contribution in [-0.2, 0) is 6.54 Å². The van der Waals surface area contributed by atoms with Crippen molar-refractivity contribution in [1.82, 2.24) is 10.3 Å². The molecule has 0 saturated heterocycles. The molecule has 0 saturated carbocycles. The van der Waals surface area contributed by atoms with Gasteiger partial charge in [-0.15, -0.1) is 0 Å². The van der Waals surface area contributed by atoms with Crippen LogP contribution in [0.5, 0.6) is 0 Å². The van der Waals surface area contributed by atoms with Gasteiger partial charge in [-0.3, -0.25) is 5.32 Å². The van der Waals surface area contributed by atoms with Gasteiger partial charge in [0.1, 0.15) is 11.9 Å². The minimum atomic E-state index is -0.332. The quantitative estimate of drug-likeness (QED) is 0.879. The predicted octanol–water partition coefficient (Wildman–Crippen LogP) is 2.27. The molecule has 0 fully saturated rings. The van der Waals surface area contributed by atoms with Crippen LogP contribution in [0.4, 0.5) is 10.6 Å². The number of anilines is 1. The molecule has 0 aliphatic rings. The zero-order valence-electron chi connectivity index (χ0n) is 10.1. The van der Waals surface area contributed by atoms with Crippen molar-refractivity contribution in [3.8, 4) is 6.07 Å². The summed E-state index contributed by atoms with van der Waals surface area (Å²) >= 11 is 0. The lowest BCUT2D eigenvalue weighted by atomic mass is 10.2. The summed E-state index contributed by atoms with van der Waals surface area (Å²) in [5.74, 6) is 0.407. The van der Waals surface area contributed by atoms with Gasteiger partial charge in [0.15, 0.2) is 0 Å². The third-order valence-corrected chi connectivity index (χ3v) is 2.43. The lowest BCUT2D eigenvalue weighted by molar-refractivity contribution is 0.251. The molecular formula is C14H12N4O. The fourth-order valence-corrected chi connectivity index (χ4v) is 1.47. The summed E-state index contributed by atoms with van der Waals surface area (Å²) in [6.07, 6.45) is 1.41. The van der Waals surface area contributed by atoms with E-state index < -0.39 is 0 Å². The Morgan fingerprint density at radius 2 is 2.00 bits per heavy atom. The van der Waals surface area contributed by atoms with Crippen LogP contribution in [0.15, 0.2) is 48.7 Å². The first kappa shape index (κ1) is 12.6. The molecule has 0 unspecified atom stereocenters. The fourth-order valence-electron chi connectivity index (χ4n) is 1.47. The van der Waals surface area contributed by atoms with Crippen molar-refractivity contribution in [2.75, 3.05) is 5.32 Å². The van der Waals surface area contributed by atoms with Gasteiger partial charge in [0, 0.05) is 12.7 Å². The number of hydrogen-bond donors (Lipinski definition) is 2. The van der Waals surface area contributed by atoms with Crippen molar-refractivity contribution in [2.24, 2.45) is 0 Å². The van der Waals surface area contributed by atoms with E-state index in [1.807, 2.05) is 36.4 Å². The largest absolute Gasteiger partial charge is 0.334 e. The van der Waals surface area contributed by atoms with Crippen LogP contribution >= 0.6 is 0 Å². The van der Waals surface area contributed by atoms with Crippen LogP contribution in [0.1, 0.15) is 11.1 Å². The first-order valence-electron chi connectivity index (χ1n) is 5.73. The molecule has 2 amide bonds. The maximum absolute atomic E-state index is 11.6. The van der Waals surface area contributed by atoms with E-state index in [9.17, 15) is 4.79 Å². The fraction of sp³-hybridized carbons (Fsp3) is 0.0714. The number of hydrogen-bond acceptors (Lipinski definition) is 3. The van der Waals surface area contributed by atoms with Gasteiger partial charge in [0.2, 0.25) is 0 Å². The summed E-state index contributed by atoms with van der Waals surface area (Å²) in [5, 5.41) is 13.9. The van der Waals surface area contributed by atoms with Crippen LogP contribution in [0.25, 0.3) is 0 Å². The molecule has 5 heteroatoms. The Morgan fingerprint density at radius 1 is 1.21 bits per heavy atom. The number of aromatic nitrogens is 1. The summed E-state index contributed by atoms with van der Waals surface area (Å²) in [6, 6.07) is 14.4. The Hall–Kier alpha value is -2.87. The van der Waals surface area contributed by atoms with E-state index in [1.165, 1.54) is 6.20 Å². The normalized spacial score (nSPS) is 9.42. The molecule has 2 aromatic rings. The van der Waals surface area contributed by atoms with E-state index in [0.717, 1.165) is 5.56 Å². The third kappa shape index (κ3) is 3.82. The van der Waals surface area contributed by atoms with Gasteiger partial charge < -0.3 is 5.32 Å². The molecular weight excluding hydrogens is 240 g/mol. The molecule has 1 aromatic heterocycles. The highest BCUT2D eigenvalue weighted by molar-refractivity contribution is 5.88. The second-order valence-electron chi connectivity index (χ2n) is 3.84. The van der Waals surface area contributed by atoms with Gasteiger partial charge in [-0.25, -0.2) is 9.78 Å². The molecule has 19 heavy (non-hydrogen) atoms. The molecule has 1 heterocycles. The Morgan fingerprint density at radius 3 is 2.63 bits per heavy atom. The molecule has 94 valence electrons. The van der Waals surface area contributed by atoms with E-state index >= 15 is 0 Å². The van der Waals surface area contributed by atoms with E-state index in [-0.39, 0.29) is 6.03 Å². The van der Waals surface area contributed by atoms with Crippen LogP contribution in [0, 0.1) is 11.3 Å². The molecule has 0 spiro atoms. The smallest absolute Gasteiger partial charge is 0.320 e. The molecule has 2 N–H and O–H groups in total. The number of nitriles is 1. The molecule has 2 rings (SSSR count). The molecule has 0 bridgehead atoms. The van der Waals surface area contributed by atoms with E-state index in [4.69, 9.17) is 5.26 Å². The molecule has 0 radical (unpaired) electrons. The van der Waals surface area contributed by atoms with E-state index in [1.54, 1.807) is 12.1 Å². The van der Waals surface area contributed by atoms with Crippen molar-refractivity contribution in [2.45, 2.75) is 6.54 Å². The summed E-state index contributed by atoms with van der Waals surface area (Å²) < 4.78 is 0. The lowest BCUT2D eigenvalue weighted by Crippen LogP contribution is -2.28. The zero-order chi connectivity index (χ0) is 13.5. The van der Waals surface area contributed by atoms with Gasteiger partial charge in [0.05, 0.1) is 5.56 Å². The van der Waals surface area contributed by atoms with Crippen molar-refractivity contribution in [3.63, 3.8) is 0 Å². The van der Waals surface area contributed by atoms with Gasteiger partial charge in [0.25, 0.3) is 0 Å². The first-order chi connectivity index (χ1) is 9.28. The maximum atomic E-state index is 11.6. The number of carbonyl (C=O) groups is 1.